The van der Waals surface area contributed by atoms with Crippen molar-refractivity contribution in [2.75, 3.05) is 75.6 Å². The van der Waals surface area contributed by atoms with Crippen LogP contribution in [0.3, 0.4) is 0 Å². The van der Waals surface area contributed by atoms with E-state index in [9.17, 15) is 0 Å². The normalized spacial score (nSPS) is 15.1. The quantitative estimate of drug-likeness (QED) is 0.0616. The zero-order chi connectivity index (χ0) is 44.8. The Hall–Kier alpha value is -3.15. The summed E-state index contributed by atoms with van der Waals surface area (Å²) in [5, 5.41) is 0. The van der Waals surface area contributed by atoms with Crippen molar-refractivity contribution in [3.8, 4) is 11.5 Å². The fraction of sp³-hybridized carbons (Fsp3) is 0.462. The Balaban J connectivity index is 0.000000272. The molecule has 6 rings (SSSR count). The van der Waals surface area contributed by atoms with Gasteiger partial charge in [-0.2, -0.15) is 19.6 Å². The van der Waals surface area contributed by atoms with E-state index in [1.165, 1.54) is 22.5 Å². The van der Waals surface area contributed by atoms with E-state index in [4.69, 9.17) is 69.5 Å². The second-order valence-corrected chi connectivity index (χ2v) is 19.1. The molecule has 4 aromatic rings. The first kappa shape index (κ1) is 52.5. The van der Waals surface area contributed by atoms with E-state index >= 15 is 0 Å². The van der Waals surface area contributed by atoms with Gasteiger partial charge in [-0.1, -0.05) is 91.8 Å². The number of rotatable bonds is 16. The van der Waals surface area contributed by atoms with Crippen LogP contribution in [-0.2, 0) is 76.5 Å². The molecule has 0 aliphatic carbocycles. The Morgan fingerprint density at radius 2 is 0.825 bits per heavy atom. The van der Waals surface area contributed by atoms with E-state index in [0.717, 1.165) is 99.2 Å². The predicted molar refractivity (Wildman–Crippen MR) is 273 cm³/mol. The van der Waals surface area contributed by atoms with Gasteiger partial charge in [0.15, 0.2) is 0 Å². The number of hydrogen-bond donors (Lipinski definition) is 0. The molecule has 0 N–H and O–H groups in total. The molecule has 2 aliphatic heterocycles. The standard InChI is InChI=1S/2C26H35NO2S2.Ni/c2*1-18(2)11-14-29-24-10-7-21(19(3)4)17-23(24)26(31)25(30)20-5-8-22(9-6-20)27-12-15-28-16-13-27;/h2*5-10,17-19,30-31H,11-16H2,1-4H3;/p-4/b2*26-25-;. The summed E-state index contributed by atoms with van der Waals surface area (Å²) in [6.45, 7) is 25.7. The van der Waals surface area contributed by atoms with Crippen LogP contribution >= 0.6 is 0 Å². The number of benzene rings is 4. The number of morpholine rings is 2. The van der Waals surface area contributed by atoms with Gasteiger partial charge in [0.1, 0.15) is 11.5 Å². The van der Waals surface area contributed by atoms with Crippen LogP contribution in [-0.4, -0.2) is 65.8 Å². The second kappa shape index (κ2) is 26.1. The predicted octanol–water partition coefficient (Wildman–Crippen LogP) is 12.0. The van der Waals surface area contributed by atoms with Gasteiger partial charge in [0, 0.05) is 54.0 Å². The van der Waals surface area contributed by atoms with E-state index in [0.29, 0.717) is 56.5 Å². The third-order valence-electron chi connectivity index (χ3n) is 11.2. The summed E-state index contributed by atoms with van der Waals surface area (Å²) in [5.74, 6) is 3.65. The first-order valence-corrected chi connectivity index (χ1v) is 23.9. The van der Waals surface area contributed by atoms with Crippen molar-refractivity contribution in [2.24, 2.45) is 11.8 Å². The molecule has 11 heteroatoms. The van der Waals surface area contributed by atoms with Gasteiger partial charge < -0.3 is 79.3 Å². The Labute approximate surface area is 411 Å². The molecule has 2 aliphatic rings. The van der Waals surface area contributed by atoms with Crippen LogP contribution in [0.25, 0.3) is 19.6 Å². The summed E-state index contributed by atoms with van der Waals surface area (Å²) in [6.07, 6.45) is 2.01. The molecular formula is C52H66N2NiO4S4-4. The van der Waals surface area contributed by atoms with Gasteiger partial charge >= 0.3 is 0 Å². The molecule has 0 aromatic heterocycles. The Morgan fingerprint density at radius 3 is 1.13 bits per heavy atom. The summed E-state index contributed by atoms with van der Waals surface area (Å²) in [7, 11) is 0. The summed E-state index contributed by atoms with van der Waals surface area (Å²) in [5.41, 5.74) is 8.65. The number of nitrogens with zero attached hydrogens (tertiary/aromatic N) is 2. The minimum Gasteiger partial charge on any atom is -0.780 e. The van der Waals surface area contributed by atoms with Gasteiger partial charge in [-0.05, 0) is 118 Å². The molecule has 2 heterocycles. The maximum atomic E-state index is 6.12. The molecule has 346 valence electrons. The molecule has 0 unspecified atom stereocenters. The van der Waals surface area contributed by atoms with Crippen LogP contribution in [0.1, 0.15) is 113 Å². The molecule has 0 spiro atoms. The second-order valence-electron chi connectivity index (χ2n) is 17.5. The van der Waals surface area contributed by atoms with Gasteiger partial charge in [-0.3, -0.25) is 0 Å². The van der Waals surface area contributed by atoms with E-state index in [-0.39, 0.29) is 16.5 Å². The van der Waals surface area contributed by atoms with Crippen LogP contribution in [0.15, 0.2) is 84.9 Å². The van der Waals surface area contributed by atoms with Crippen LogP contribution in [0.4, 0.5) is 11.4 Å². The molecule has 6 nitrogen and oxygen atoms in total. The molecule has 0 atom stereocenters. The van der Waals surface area contributed by atoms with Crippen LogP contribution in [0.2, 0.25) is 0 Å². The van der Waals surface area contributed by atoms with E-state index in [2.05, 4.69) is 138 Å². The first-order valence-electron chi connectivity index (χ1n) is 22.3. The van der Waals surface area contributed by atoms with Crippen molar-refractivity contribution < 1.29 is 35.4 Å². The molecule has 0 amide bonds. The summed E-state index contributed by atoms with van der Waals surface area (Å²) >= 11 is 23.4. The first-order chi connectivity index (χ1) is 29.7. The van der Waals surface area contributed by atoms with Crippen molar-refractivity contribution in [1.29, 1.82) is 0 Å². The zero-order valence-corrected chi connectivity index (χ0v) is 42.6. The fourth-order valence-corrected chi connectivity index (χ4v) is 8.07. The van der Waals surface area contributed by atoms with E-state index < -0.39 is 0 Å². The van der Waals surface area contributed by atoms with Crippen LogP contribution < -0.4 is 19.3 Å². The Kier molecular flexibility index (Phi) is 21.8. The van der Waals surface area contributed by atoms with E-state index in [1.54, 1.807) is 0 Å². The van der Waals surface area contributed by atoms with Gasteiger partial charge in [0.2, 0.25) is 0 Å². The van der Waals surface area contributed by atoms with Gasteiger partial charge in [-0.25, -0.2) is 0 Å². The molecule has 4 aromatic carbocycles. The average molecular weight is 970 g/mol. The average Bonchev–Trinajstić information content (AvgIpc) is 3.28. The van der Waals surface area contributed by atoms with Crippen molar-refractivity contribution in [2.45, 2.75) is 80.1 Å². The maximum absolute atomic E-state index is 6.12. The molecule has 0 bridgehead atoms. The zero-order valence-electron chi connectivity index (χ0n) is 38.4. The third kappa shape index (κ3) is 15.5. The Morgan fingerprint density at radius 1 is 0.492 bits per heavy atom. The van der Waals surface area contributed by atoms with Crippen molar-refractivity contribution in [3.05, 3.63) is 118 Å². The Bertz CT molecular complexity index is 1930. The summed E-state index contributed by atoms with van der Waals surface area (Å²) in [4.78, 5) is 7.41. The minimum absolute atomic E-state index is 0. The van der Waals surface area contributed by atoms with Crippen molar-refractivity contribution in [1.82, 2.24) is 0 Å². The van der Waals surface area contributed by atoms with Crippen molar-refractivity contribution in [3.63, 3.8) is 0 Å². The largest absolute Gasteiger partial charge is 0.780 e. The maximum Gasteiger partial charge on any atom is 0.124 e. The SMILES string of the molecule is CC(C)CCOc1ccc(C(C)C)cc1/C([S-])=C(/[S-])c1ccc(N2CCOCC2)cc1.CC(C)CCOc1ccc(C(C)C)cc1/C([S-])=C(/[S-])c1ccc(N2CCOCC2)cc1.[Ni]. The number of hydrogen-bond acceptors (Lipinski definition) is 10. The smallest absolute Gasteiger partial charge is 0.124 e. The topological polar surface area (TPSA) is 43.4 Å². The molecule has 2 fully saturated rings. The molecule has 2 saturated heterocycles. The number of ether oxygens (including phenoxy) is 4. The molecule has 63 heavy (non-hydrogen) atoms. The summed E-state index contributed by atoms with van der Waals surface area (Å²) in [6, 6.07) is 29.4. The van der Waals surface area contributed by atoms with Gasteiger partial charge in [-0.15, -0.1) is 0 Å². The monoisotopic (exact) mass is 968 g/mol. The minimum atomic E-state index is 0. The van der Waals surface area contributed by atoms with Gasteiger partial charge in [0.25, 0.3) is 0 Å². The molecule has 0 saturated carbocycles. The van der Waals surface area contributed by atoms with Crippen LogP contribution in [0, 0.1) is 11.8 Å². The summed E-state index contributed by atoms with van der Waals surface area (Å²) < 4.78 is 23.1. The van der Waals surface area contributed by atoms with Gasteiger partial charge in [0.05, 0.1) is 39.6 Å². The van der Waals surface area contributed by atoms with Crippen molar-refractivity contribution >= 4 is 81.5 Å². The number of anilines is 2. The van der Waals surface area contributed by atoms with Crippen LogP contribution in [0.5, 0.6) is 11.5 Å². The molecular weight excluding hydrogens is 904 g/mol. The third-order valence-corrected chi connectivity index (χ3v) is 13.1. The fourth-order valence-electron chi connectivity index (χ4n) is 7.03. The molecule has 0 radical (unpaired) electrons. The van der Waals surface area contributed by atoms with E-state index in [1.807, 2.05) is 12.1 Å².